The third-order valence-corrected chi connectivity index (χ3v) is 7.08. The van der Waals surface area contributed by atoms with Crippen molar-refractivity contribution in [2.75, 3.05) is 26.8 Å². The zero-order chi connectivity index (χ0) is 27.8. The highest BCUT2D eigenvalue weighted by atomic mass is 16.5. The second kappa shape index (κ2) is 13.3. The van der Waals surface area contributed by atoms with Crippen molar-refractivity contribution in [3.63, 3.8) is 0 Å². The lowest BCUT2D eigenvalue weighted by Crippen LogP contribution is -2.24. The van der Waals surface area contributed by atoms with E-state index in [1.165, 1.54) is 5.56 Å². The van der Waals surface area contributed by atoms with Gasteiger partial charge >= 0.3 is 5.97 Å². The van der Waals surface area contributed by atoms with Gasteiger partial charge in [-0.1, -0.05) is 24.3 Å². The average Bonchev–Trinajstić information content (AvgIpc) is 3.30. The molecule has 4 rings (SSSR count). The van der Waals surface area contributed by atoms with Crippen molar-refractivity contribution in [2.24, 2.45) is 5.92 Å². The van der Waals surface area contributed by atoms with Gasteiger partial charge in [-0.2, -0.15) is 0 Å². The largest absolute Gasteiger partial charge is 0.493 e. The Morgan fingerprint density at radius 2 is 1.90 bits per heavy atom. The fourth-order valence-electron chi connectivity index (χ4n) is 5.22. The summed E-state index contributed by atoms with van der Waals surface area (Å²) < 4.78 is 17.9. The Morgan fingerprint density at radius 3 is 2.62 bits per heavy atom. The van der Waals surface area contributed by atoms with Crippen LogP contribution in [0.15, 0.2) is 54.6 Å². The van der Waals surface area contributed by atoms with Crippen molar-refractivity contribution in [3.05, 3.63) is 76.9 Å². The number of hydrogen-bond acceptors (Lipinski definition) is 6. The Morgan fingerprint density at radius 1 is 1.10 bits per heavy atom. The van der Waals surface area contributed by atoms with Crippen LogP contribution in [0.1, 0.15) is 47.4 Å². The Labute approximate surface area is 230 Å². The van der Waals surface area contributed by atoms with Gasteiger partial charge in [0.2, 0.25) is 0 Å². The van der Waals surface area contributed by atoms with Crippen molar-refractivity contribution < 1.29 is 28.9 Å². The van der Waals surface area contributed by atoms with Crippen LogP contribution in [0.25, 0.3) is 11.1 Å². The molecule has 0 aromatic heterocycles. The van der Waals surface area contributed by atoms with Gasteiger partial charge < -0.3 is 29.4 Å². The first-order valence-corrected chi connectivity index (χ1v) is 13.4. The summed E-state index contributed by atoms with van der Waals surface area (Å²) in [7, 11) is 1.91. The standard InChI is InChI=1S/C32H37NO6/c1-21-12-28(38-19-24(17-33-3)7-5-11-34)13-22(2)32(21)25-8-4-6-23(14-25)18-37-27-9-10-29-26(15-31(35)36)20-39-30(29)16-27/h4,6,8-14,16,24,26,33H,5,7,15,17-20H2,1-3H3,(H,35,36). The molecule has 1 aliphatic rings. The maximum absolute atomic E-state index is 11.1. The van der Waals surface area contributed by atoms with Gasteiger partial charge in [-0.3, -0.25) is 4.79 Å². The molecule has 1 aliphatic heterocycles. The van der Waals surface area contributed by atoms with Gasteiger partial charge in [0, 0.05) is 36.4 Å². The fraction of sp³-hybridized carbons (Fsp3) is 0.375. The number of aldehydes is 1. The highest BCUT2D eigenvalue weighted by Crippen LogP contribution is 2.38. The van der Waals surface area contributed by atoms with E-state index in [-0.39, 0.29) is 18.3 Å². The van der Waals surface area contributed by atoms with Gasteiger partial charge in [0.15, 0.2) is 0 Å². The minimum absolute atomic E-state index is 0.0597. The summed E-state index contributed by atoms with van der Waals surface area (Å²) >= 11 is 0. The smallest absolute Gasteiger partial charge is 0.304 e. The number of fused-ring (bicyclic) bond motifs is 1. The minimum atomic E-state index is -0.825. The molecule has 7 heteroatoms. The molecule has 0 bridgehead atoms. The average molecular weight is 532 g/mol. The Balaban J connectivity index is 1.42. The molecule has 7 nitrogen and oxygen atoms in total. The van der Waals surface area contributed by atoms with Gasteiger partial charge in [-0.05, 0) is 79.4 Å². The van der Waals surface area contributed by atoms with Crippen molar-refractivity contribution >= 4 is 12.3 Å². The maximum Gasteiger partial charge on any atom is 0.304 e. The van der Waals surface area contributed by atoms with Gasteiger partial charge in [0.1, 0.15) is 30.1 Å². The Bertz CT molecular complexity index is 1280. The molecule has 2 atom stereocenters. The van der Waals surface area contributed by atoms with Crippen LogP contribution in [-0.4, -0.2) is 44.2 Å². The summed E-state index contributed by atoms with van der Waals surface area (Å²) in [6.45, 7) is 6.34. The van der Waals surface area contributed by atoms with Crippen molar-refractivity contribution in [1.29, 1.82) is 0 Å². The van der Waals surface area contributed by atoms with Crippen molar-refractivity contribution in [1.82, 2.24) is 5.32 Å². The number of ether oxygens (including phenoxy) is 3. The van der Waals surface area contributed by atoms with Crippen LogP contribution < -0.4 is 19.5 Å². The number of aryl methyl sites for hydroxylation is 2. The van der Waals surface area contributed by atoms with Gasteiger partial charge in [0.05, 0.1) is 19.6 Å². The zero-order valence-electron chi connectivity index (χ0n) is 22.9. The van der Waals surface area contributed by atoms with E-state index in [0.717, 1.165) is 52.8 Å². The first-order chi connectivity index (χ1) is 18.9. The number of nitrogens with one attached hydrogen (secondary N) is 1. The summed E-state index contributed by atoms with van der Waals surface area (Å²) in [6, 6.07) is 18.1. The van der Waals surface area contributed by atoms with Crippen LogP contribution in [-0.2, 0) is 16.2 Å². The number of carboxylic acid groups (broad SMARTS) is 1. The number of benzene rings is 3. The molecule has 0 saturated heterocycles. The number of carboxylic acids is 1. The summed E-state index contributed by atoms with van der Waals surface area (Å²) in [6.07, 6.45) is 2.37. The fourth-order valence-corrected chi connectivity index (χ4v) is 5.22. The molecule has 0 saturated carbocycles. The minimum Gasteiger partial charge on any atom is -0.493 e. The molecule has 0 amide bonds. The Kier molecular flexibility index (Phi) is 9.60. The molecular formula is C32H37NO6. The summed E-state index contributed by atoms with van der Waals surface area (Å²) in [5, 5.41) is 12.3. The first kappa shape index (κ1) is 28.2. The predicted molar refractivity (Wildman–Crippen MR) is 151 cm³/mol. The highest BCUT2D eigenvalue weighted by molar-refractivity contribution is 5.72. The number of hydrogen-bond donors (Lipinski definition) is 2. The molecule has 39 heavy (non-hydrogen) atoms. The monoisotopic (exact) mass is 531 g/mol. The summed E-state index contributed by atoms with van der Waals surface area (Å²) in [4.78, 5) is 21.9. The quantitative estimate of drug-likeness (QED) is 0.258. The molecule has 2 unspecified atom stereocenters. The van der Waals surface area contributed by atoms with Gasteiger partial charge in [-0.15, -0.1) is 0 Å². The normalized spacial score (nSPS) is 14.8. The third kappa shape index (κ3) is 7.39. The lowest BCUT2D eigenvalue weighted by atomic mass is 9.94. The van der Waals surface area contributed by atoms with Crippen LogP contribution in [0.4, 0.5) is 0 Å². The first-order valence-electron chi connectivity index (χ1n) is 13.4. The summed E-state index contributed by atoms with van der Waals surface area (Å²) in [5.74, 6) is 1.55. The van der Waals surface area contributed by atoms with E-state index in [2.05, 4.69) is 43.4 Å². The second-order valence-electron chi connectivity index (χ2n) is 10.2. The predicted octanol–water partition coefficient (Wildman–Crippen LogP) is 5.69. The second-order valence-corrected chi connectivity index (χ2v) is 10.2. The molecular weight excluding hydrogens is 494 g/mol. The third-order valence-electron chi connectivity index (χ3n) is 7.08. The lowest BCUT2D eigenvalue weighted by molar-refractivity contribution is -0.137. The van der Waals surface area contributed by atoms with Crippen LogP contribution in [0.2, 0.25) is 0 Å². The van der Waals surface area contributed by atoms with Crippen molar-refractivity contribution in [3.8, 4) is 28.4 Å². The number of carbonyl (C=O) groups is 2. The molecule has 0 aliphatic carbocycles. The van der Waals surface area contributed by atoms with E-state index in [4.69, 9.17) is 19.3 Å². The van der Waals surface area contributed by atoms with Crippen LogP contribution in [0.3, 0.4) is 0 Å². The van der Waals surface area contributed by atoms with E-state index < -0.39 is 5.97 Å². The molecule has 0 radical (unpaired) electrons. The van der Waals surface area contributed by atoms with Crippen LogP contribution in [0, 0.1) is 19.8 Å². The molecule has 0 spiro atoms. The van der Waals surface area contributed by atoms with Gasteiger partial charge in [0.25, 0.3) is 0 Å². The molecule has 0 fully saturated rings. The molecule has 2 N–H and O–H groups in total. The zero-order valence-corrected chi connectivity index (χ0v) is 22.9. The maximum atomic E-state index is 11.1. The number of rotatable bonds is 14. The molecule has 1 heterocycles. The van der Waals surface area contributed by atoms with E-state index in [9.17, 15) is 9.59 Å². The molecule has 3 aromatic carbocycles. The van der Waals surface area contributed by atoms with E-state index in [1.807, 2.05) is 37.4 Å². The van der Waals surface area contributed by atoms with Crippen LogP contribution >= 0.6 is 0 Å². The van der Waals surface area contributed by atoms with E-state index in [0.29, 0.717) is 37.7 Å². The van der Waals surface area contributed by atoms with Gasteiger partial charge in [-0.25, -0.2) is 0 Å². The van der Waals surface area contributed by atoms with E-state index >= 15 is 0 Å². The number of aliphatic carboxylic acids is 1. The molecule has 206 valence electrons. The van der Waals surface area contributed by atoms with E-state index in [1.54, 1.807) is 0 Å². The molecule has 3 aromatic rings. The number of carbonyl (C=O) groups excluding carboxylic acids is 1. The topological polar surface area (TPSA) is 94.1 Å². The van der Waals surface area contributed by atoms with Crippen LogP contribution in [0.5, 0.6) is 17.2 Å². The Hall–Kier alpha value is -3.84. The lowest BCUT2D eigenvalue weighted by Gasteiger charge is -2.18. The highest BCUT2D eigenvalue weighted by Gasteiger charge is 2.26. The van der Waals surface area contributed by atoms with Crippen molar-refractivity contribution in [2.45, 2.75) is 45.6 Å². The summed E-state index contributed by atoms with van der Waals surface area (Å²) in [5.41, 5.74) is 6.52. The SMILES string of the molecule is CNCC(CCC=O)COc1cc(C)c(-c2cccc(COc3ccc4c(c3)OCC4CC(=O)O)c2)c(C)c1.